The van der Waals surface area contributed by atoms with Crippen molar-refractivity contribution in [2.75, 3.05) is 18.4 Å². The summed E-state index contributed by atoms with van der Waals surface area (Å²) in [5, 5.41) is 3.34. The molecule has 3 heteroatoms. The molecule has 0 bridgehead atoms. The molecule has 1 aliphatic heterocycles. The Morgan fingerprint density at radius 3 is 2.74 bits per heavy atom. The van der Waals surface area contributed by atoms with Gasteiger partial charge in [-0.25, -0.2) is 0 Å². The first-order chi connectivity index (χ1) is 9.08. The SMILES string of the molecule is CC1=CCCN(C(=O)c2ccccc2NC(C)C)C1. The lowest BCUT2D eigenvalue weighted by Gasteiger charge is -2.27. The Morgan fingerprint density at radius 2 is 2.05 bits per heavy atom. The van der Waals surface area contributed by atoms with E-state index < -0.39 is 0 Å². The molecule has 0 saturated carbocycles. The lowest BCUT2D eigenvalue weighted by Crippen LogP contribution is -2.35. The molecule has 102 valence electrons. The summed E-state index contributed by atoms with van der Waals surface area (Å²) in [4.78, 5) is 14.5. The number of anilines is 1. The van der Waals surface area contributed by atoms with E-state index in [1.54, 1.807) is 0 Å². The van der Waals surface area contributed by atoms with Gasteiger partial charge < -0.3 is 10.2 Å². The Morgan fingerprint density at radius 1 is 1.32 bits per heavy atom. The molecule has 0 saturated heterocycles. The van der Waals surface area contributed by atoms with E-state index in [0.717, 1.165) is 30.8 Å². The third kappa shape index (κ3) is 3.37. The lowest BCUT2D eigenvalue weighted by atomic mass is 10.1. The Hall–Kier alpha value is -1.77. The zero-order valence-corrected chi connectivity index (χ0v) is 11.9. The number of nitrogens with zero attached hydrogens (tertiary/aromatic N) is 1. The van der Waals surface area contributed by atoms with Crippen LogP contribution in [0.25, 0.3) is 0 Å². The maximum absolute atomic E-state index is 12.6. The predicted octanol–water partition coefficient (Wildman–Crippen LogP) is 3.30. The van der Waals surface area contributed by atoms with Crippen LogP contribution in [0.4, 0.5) is 5.69 Å². The highest BCUT2D eigenvalue weighted by Crippen LogP contribution is 2.20. The minimum absolute atomic E-state index is 0.121. The van der Waals surface area contributed by atoms with Gasteiger partial charge in [-0.2, -0.15) is 0 Å². The minimum atomic E-state index is 0.121. The quantitative estimate of drug-likeness (QED) is 0.844. The average molecular weight is 258 g/mol. The molecule has 19 heavy (non-hydrogen) atoms. The number of hydrogen-bond donors (Lipinski definition) is 1. The molecule has 2 rings (SSSR count). The fourth-order valence-electron chi connectivity index (χ4n) is 2.36. The Bertz CT molecular complexity index is 491. The molecule has 0 fully saturated rings. The fraction of sp³-hybridized carbons (Fsp3) is 0.438. The molecule has 0 unspecified atom stereocenters. The van der Waals surface area contributed by atoms with Gasteiger partial charge in [-0.3, -0.25) is 4.79 Å². The molecule has 0 atom stereocenters. The first-order valence-corrected chi connectivity index (χ1v) is 6.88. The highest BCUT2D eigenvalue weighted by molar-refractivity contribution is 5.99. The number of para-hydroxylation sites is 1. The molecule has 1 heterocycles. The van der Waals surface area contributed by atoms with Crippen molar-refractivity contribution >= 4 is 11.6 Å². The first kappa shape index (κ1) is 13.7. The third-order valence-electron chi connectivity index (χ3n) is 3.22. The number of amides is 1. The van der Waals surface area contributed by atoms with E-state index in [-0.39, 0.29) is 5.91 Å². The lowest BCUT2D eigenvalue weighted by molar-refractivity contribution is 0.0767. The molecular weight excluding hydrogens is 236 g/mol. The summed E-state index contributed by atoms with van der Waals surface area (Å²) >= 11 is 0. The van der Waals surface area contributed by atoms with Crippen molar-refractivity contribution in [3.05, 3.63) is 41.5 Å². The van der Waals surface area contributed by atoms with Crippen LogP contribution in [0.5, 0.6) is 0 Å². The van der Waals surface area contributed by atoms with Gasteiger partial charge in [0.05, 0.1) is 5.56 Å². The molecule has 0 aliphatic carbocycles. The largest absolute Gasteiger partial charge is 0.382 e. The number of hydrogen-bond acceptors (Lipinski definition) is 2. The van der Waals surface area contributed by atoms with Crippen LogP contribution < -0.4 is 5.32 Å². The molecule has 1 aromatic carbocycles. The summed E-state index contributed by atoms with van der Waals surface area (Å²) in [5.41, 5.74) is 2.97. The molecule has 1 amide bonds. The Balaban J connectivity index is 2.21. The van der Waals surface area contributed by atoms with Crippen molar-refractivity contribution in [3.63, 3.8) is 0 Å². The summed E-state index contributed by atoms with van der Waals surface area (Å²) in [7, 11) is 0. The van der Waals surface area contributed by atoms with E-state index in [9.17, 15) is 4.79 Å². The van der Waals surface area contributed by atoms with E-state index in [2.05, 4.69) is 32.2 Å². The smallest absolute Gasteiger partial charge is 0.256 e. The van der Waals surface area contributed by atoms with Crippen molar-refractivity contribution in [1.82, 2.24) is 4.90 Å². The standard InChI is InChI=1S/C16H22N2O/c1-12(2)17-15-9-5-4-8-14(15)16(19)18-10-6-7-13(3)11-18/h4-5,7-9,12,17H,6,10-11H2,1-3H3. The average Bonchev–Trinajstić information content (AvgIpc) is 2.38. The van der Waals surface area contributed by atoms with Crippen LogP contribution >= 0.6 is 0 Å². The van der Waals surface area contributed by atoms with Crippen molar-refractivity contribution in [1.29, 1.82) is 0 Å². The molecule has 1 N–H and O–H groups in total. The summed E-state index contributed by atoms with van der Waals surface area (Å²) in [6, 6.07) is 8.08. The highest BCUT2D eigenvalue weighted by atomic mass is 16.2. The third-order valence-corrected chi connectivity index (χ3v) is 3.22. The van der Waals surface area contributed by atoms with Crippen LogP contribution in [-0.2, 0) is 0 Å². The van der Waals surface area contributed by atoms with Gasteiger partial charge in [0.2, 0.25) is 0 Å². The van der Waals surface area contributed by atoms with Crippen molar-refractivity contribution < 1.29 is 4.79 Å². The molecule has 0 radical (unpaired) electrons. The second-order valence-electron chi connectivity index (χ2n) is 5.41. The molecule has 0 spiro atoms. The molecule has 1 aliphatic rings. The normalized spacial score (nSPS) is 15.4. The van der Waals surface area contributed by atoms with Crippen LogP contribution in [0.1, 0.15) is 37.6 Å². The molecule has 3 nitrogen and oxygen atoms in total. The number of rotatable bonds is 3. The monoisotopic (exact) mass is 258 g/mol. The first-order valence-electron chi connectivity index (χ1n) is 6.88. The Labute approximate surface area is 115 Å². The summed E-state index contributed by atoms with van der Waals surface area (Å²) < 4.78 is 0. The Kier molecular flexibility index (Phi) is 4.25. The number of benzene rings is 1. The maximum atomic E-state index is 12.6. The van der Waals surface area contributed by atoms with Crippen molar-refractivity contribution in [2.45, 2.75) is 33.2 Å². The topological polar surface area (TPSA) is 32.3 Å². The van der Waals surface area contributed by atoms with Gasteiger partial charge >= 0.3 is 0 Å². The van der Waals surface area contributed by atoms with Gasteiger partial charge in [-0.05, 0) is 39.3 Å². The fourth-order valence-corrected chi connectivity index (χ4v) is 2.36. The van der Waals surface area contributed by atoms with E-state index in [4.69, 9.17) is 0 Å². The maximum Gasteiger partial charge on any atom is 0.256 e. The van der Waals surface area contributed by atoms with Gasteiger partial charge in [0, 0.05) is 24.8 Å². The molecular formula is C16H22N2O. The van der Waals surface area contributed by atoms with E-state index in [1.165, 1.54) is 5.57 Å². The number of carbonyl (C=O) groups excluding carboxylic acids is 1. The number of nitrogens with one attached hydrogen (secondary N) is 1. The van der Waals surface area contributed by atoms with Crippen LogP contribution in [0, 0.1) is 0 Å². The summed E-state index contributed by atoms with van der Waals surface area (Å²) in [5.74, 6) is 0.121. The molecule has 0 aromatic heterocycles. The van der Waals surface area contributed by atoms with Gasteiger partial charge in [0.1, 0.15) is 0 Å². The summed E-state index contributed by atoms with van der Waals surface area (Å²) in [6.07, 6.45) is 3.17. The van der Waals surface area contributed by atoms with Crippen molar-refractivity contribution in [3.8, 4) is 0 Å². The second kappa shape index (κ2) is 5.91. The molecule has 1 aromatic rings. The van der Waals surface area contributed by atoms with Gasteiger partial charge in [-0.15, -0.1) is 0 Å². The minimum Gasteiger partial charge on any atom is -0.382 e. The van der Waals surface area contributed by atoms with Crippen molar-refractivity contribution in [2.24, 2.45) is 0 Å². The zero-order valence-electron chi connectivity index (χ0n) is 11.9. The summed E-state index contributed by atoms with van der Waals surface area (Å²) in [6.45, 7) is 7.79. The van der Waals surface area contributed by atoms with Crippen LogP contribution in [0.3, 0.4) is 0 Å². The van der Waals surface area contributed by atoms with E-state index >= 15 is 0 Å². The van der Waals surface area contributed by atoms with Gasteiger partial charge in [0.15, 0.2) is 0 Å². The van der Waals surface area contributed by atoms with Gasteiger partial charge in [0.25, 0.3) is 5.91 Å². The second-order valence-corrected chi connectivity index (χ2v) is 5.41. The number of carbonyl (C=O) groups is 1. The van der Waals surface area contributed by atoms with Crippen LogP contribution in [-0.4, -0.2) is 29.9 Å². The zero-order chi connectivity index (χ0) is 13.8. The van der Waals surface area contributed by atoms with Gasteiger partial charge in [-0.1, -0.05) is 23.8 Å². The van der Waals surface area contributed by atoms with E-state index in [1.807, 2.05) is 29.2 Å². The van der Waals surface area contributed by atoms with E-state index in [0.29, 0.717) is 6.04 Å². The van der Waals surface area contributed by atoms with Crippen LogP contribution in [0.2, 0.25) is 0 Å². The predicted molar refractivity (Wildman–Crippen MR) is 79.5 cm³/mol. The highest BCUT2D eigenvalue weighted by Gasteiger charge is 2.20. The van der Waals surface area contributed by atoms with Crippen LogP contribution in [0.15, 0.2) is 35.9 Å².